The zero-order chi connectivity index (χ0) is 14.7. The van der Waals surface area contributed by atoms with Gasteiger partial charge in [-0.2, -0.15) is 0 Å². The fraction of sp³-hybridized carbons (Fsp3) is 0.154. The quantitative estimate of drug-likeness (QED) is 0.674. The van der Waals surface area contributed by atoms with Crippen LogP contribution >= 0.6 is 22.9 Å². The molecule has 1 aromatic carbocycles. The average Bonchev–Trinajstić information content (AvgIpc) is 2.82. The molecule has 20 heavy (non-hydrogen) atoms. The van der Waals surface area contributed by atoms with Crippen LogP contribution in [0.15, 0.2) is 36.4 Å². The molecule has 0 spiro atoms. The van der Waals surface area contributed by atoms with Crippen molar-refractivity contribution in [2.45, 2.75) is 12.3 Å². The third-order valence-electron chi connectivity index (χ3n) is 2.80. The molecule has 2 rings (SSSR count). The summed E-state index contributed by atoms with van der Waals surface area (Å²) in [5, 5.41) is 20.0. The molecule has 1 aromatic heterocycles. The number of halogens is 1. The van der Waals surface area contributed by atoms with Gasteiger partial charge in [-0.3, -0.25) is 14.9 Å². The molecule has 2 aromatic rings. The smallest absolute Gasteiger partial charge is 0.312 e. The van der Waals surface area contributed by atoms with Gasteiger partial charge in [0.2, 0.25) is 0 Å². The third kappa shape index (κ3) is 3.34. The minimum atomic E-state index is -0.977. The van der Waals surface area contributed by atoms with Gasteiger partial charge < -0.3 is 5.11 Å². The van der Waals surface area contributed by atoms with Crippen molar-refractivity contribution < 1.29 is 14.8 Å². The SMILES string of the molecule is O=C(O)C(Cc1cccc([N+](=O)[O-])c1)c1ccc(Cl)s1. The lowest BCUT2D eigenvalue weighted by Crippen LogP contribution is -2.13. The zero-order valence-corrected chi connectivity index (χ0v) is 11.7. The number of non-ortho nitro benzene ring substituents is 1. The van der Waals surface area contributed by atoms with Crippen LogP contribution in [-0.4, -0.2) is 16.0 Å². The number of nitro benzene ring substituents is 1. The molecule has 1 heterocycles. The van der Waals surface area contributed by atoms with Crippen LogP contribution in [0, 0.1) is 10.1 Å². The summed E-state index contributed by atoms with van der Waals surface area (Å²) in [5.41, 5.74) is 0.562. The molecular formula is C13H10ClNO4S. The Labute approximate surface area is 123 Å². The van der Waals surface area contributed by atoms with E-state index in [4.69, 9.17) is 11.6 Å². The lowest BCUT2D eigenvalue weighted by Gasteiger charge is -2.10. The van der Waals surface area contributed by atoms with E-state index in [1.165, 1.54) is 23.5 Å². The molecule has 5 nitrogen and oxygen atoms in total. The second-order valence-corrected chi connectivity index (χ2v) is 5.91. The van der Waals surface area contributed by atoms with Crippen LogP contribution in [0.25, 0.3) is 0 Å². The summed E-state index contributed by atoms with van der Waals surface area (Å²) < 4.78 is 0.519. The van der Waals surface area contributed by atoms with Crippen molar-refractivity contribution in [1.29, 1.82) is 0 Å². The molecule has 0 radical (unpaired) electrons. The summed E-state index contributed by atoms with van der Waals surface area (Å²) in [4.78, 5) is 22.2. The Balaban J connectivity index is 2.27. The first-order valence-corrected chi connectivity index (χ1v) is 6.88. The van der Waals surface area contributed by atoms with Gasteiger partial charge in [0.1, 0.15) is 0 Å². The van der Waals surface area contributed by atoms with Gasteiger partial charge >= 0.3 is 5.97 Å². The van der Waals surface area contributed by atoms with Crippen molar-refractivity contribution in [3.05, 3.63) is 61.3 Å². The Morgan fingerprint density at radius 1 is 1.40 bits per heavy atom. The number of thiophene rings is 1. The van der Waals surface area contributed by atoms with Crippen LogP contribution in [0.1, 0.15) is 16.4 Å². The van der Waals surface area contributed by atoms with E-state index < -0.39 is 16.8 Å². The average molecular weight is 312 g/mol. The first kappa shape index (κ1) is 14.5. The van der Waals surface area contributed by atoms with Crippen molar-refractivity contribution in [3.63, 3.8) is 0 Å². The number of aliphatic carboxylic acids is 1. The van der Waals surface area contributed by atoms with E-state index >= 15 is 0 Å². The predicted octanol–water partition coefficient (Wildman–Crippen LogP) is 3.72. The number of rotatable bonds is 5. The molecule has 1 N–H and O–H groups in total. The van der Waals surface area contributed by atoms with Crippen molar-refractivity contribution in [1.82, 2.24) is 0 Å². The number of nitro groups is 1. The van der Waals surface area contributed by atoms with Crippen molar-refractivity contribution in [3.8, 4) is 0 Å². The summed E-state index contributed by atoms with van der Waals surface area (Å²) in [6.07, 6.45) is 0.188. The number of carboxylic acid groups (broad SMARTS) is 1. The van der Waals surface area contributed by atoms with Gasteiger partial charge in [0.05, 0.1) is 15.2 Å². The number of carboxylic acids is 1. The Bertz CT molecular complexity index is 655. The molecule has 1 unspecified atom stereocenters. The fourth-order valence-corrected chi connectivity index (χ4v) is 3.01. The first-order chi connectivity index (χ1) is 9.47. The number of hydrogen-bond donors (Lipinski definition) is 1. The highest BCUT2D eigenvalue weighted by atomic mass is 35.5. The van der Waals surface area contributed by atoms with E-state index in [0.717, 1.165) is 0 Å². The minimum Gasteiger partial charge on any atom is -0.481 e. The third-order valence-corrected chi connectivity index (χ3v) is 4.14. The number of carbonyl (C=O) groups is 1. The Morgan fingerprint density at radius 2 is 2.15 bits per heavy atom. The van der Waals surface area contributed by atoms with Crippen molar-refractivity contribution >= 4 is 34.6 Å². The summed E-state index contributed by atoms with van der Waals surface area (Å²) in [5.74, 6) is -1.73. The van der Waals surface area contributed by atoms with Crippen LogP contribution < -0.4 is 0 Å². The second-order valence-electron chi connectivity index (χ2n) is 4.16. The highest BCUT2D eigenvalue weighted by molar-refractivity contribution is 7.16. The van der Waals surface area contributed by atoms with Crippen LogP contribution in [0.2, 0.25) is 4.34 Å². The van der Waals surface area contributed by atoms with E-state index in [1.807, 2.05) is 0 Å². The molecular weight excluding hydrogens is 302 g/mol. The van der Waals surface area contributed by atoms with Gasteiger partial charge in [-0.25, -0.2) is 0 Å². The first-order valence-electron chi connectivity index (χ1n) is 5.68. The molecule has 0 aliphatic rings. The maximum atomic E-state index is 11.4. The van der Waals surface area contributed by atoms with E-state index in [-0.39, 0.29) is 12.1 Å². The van der Waals surface area contributed by atoms with Crippen molar-refractivity contribution in [2.75, 3.05) is 0 Å². The minimum absolute atomic E-state index is 0.0455. The maximum Gasteiger partial charge on any atom is 0.312 e. The van der Waals surface area contributed by atoms with Gasteiger partial charge in [-0.05, 0) is 24.1 Å². The van der Waals surface area contributed by atoms with Gasteiger partial charge in [-0.15, -0.1) is 11.3 Å². The van der Waals surface area contributed by atoms with Crippen LogP contribution in [0.5, 0.6) is 0 Å². The topological polar surface area (TPSA) is 80.4 Å². The molecule has 7 heteroatoms. The second kappa shape index (κ2) is 6.02. The number of hydrogen-bond acceptors (Lipinski definition) is 4. The monoisotopic (exact) mass is 311 g/mol. The van der Waals surface area contributed by atoms with Gasteiger partial charge in [-0.1, -0.05) is 23.7 Å². The van der Waals surface area contributed by atoms with Crippen LogP contribution in [-0.2, 0) is 11.2 Å². The summed E-state index contributed by atoms with van der Waals surface area (Å²) in [7, 11) is 0. The van der Waals surface area contributed by atoms with E-state index in [2.05, 4.69) is 0 Å². The standard InChI is InChI=1S/C13H10ClNO4S/c14-12-5-4-11(20-12)10(13(16)17)7-8-2-1-3-9(6-8)15(18)19/h1-6,10H,7H2,(H,16,17). The van der Waals surface area contributed by atoms with E-state index in [1.54, 1.807) is 24.3 Å². The summed E-state index contributed by atoms with van der Waals surface area (Å²) >= 11 is 7.02. The maximum absolute atomic E-state index is 11.4. The fourth-order valence-electron chi connectivity index (χ4n) is 1.86. The molecule has 0 aliphatic heterocycles. The molecule has 0 saturated carbocycles. The Hall–Kier alpha value is -1.92. The molecule has 0 amide bonds. The van der Waals surface area contributed by atoms with Crippen LogP contribution in [0.3, 0.4) is 0 Å². The van der Waals surface area contributed by atoms with Gasteiger partial charge in [0, 0.05) is 17.0 Å². The zero-order valence-electron chi connectivity index (χ0n) is 10.2. The summed E-state index contributed by atoms with van der Waals surface area (Å²) in [6.45, 7) is 0. The number of nitrogens with zero attached hydrogens (tertiary/aromatic N) is 1. The van der Waals surface area contributed by atoms with Crippen molar-refractivity contribution in [2.24, 2.45) is 0 Å². The number of benzene rings is 1. The molecule has 0 saturated heterocycles. The van der Waals surface area contributed by atoms with Gasteiger partial charge in [0.25, 0.3) is 5.69 Å². The lowest BCUT2D eigenvalue weighted by atomic mass is 9.97. The molecule has 1 atom stereocenters. The summed E-state index contributed by atoms with van der Waals surface area (Å²) in [6, 6.07) is 9.31. The Morgan fingerprint density at radius 3 is 2.70 bits per heavy atom. The predicted molar refractivity (Wildman–Crippen MR) is 76.5 cm³/mol. The van der Waals surface area contributed by atoms with E-state index in [9.17, 15) is 20.0 Å². The molecule has 0 aliphatic carbocycles. The molecule has 0 bridgehead atoms. The van der Waals surface area contributed by atoms with Crippen LogP contribution in [0.4, 0.5) is 5.69 Å². The van der Waals surface area contributed by atoms with Gasteiger partial charge in [0.15, 0.2) is 0 Å². The lowest BCUT2D eigenvalue weighted by molar-refractivity contribution is -0.384. The van der Waals surface area contributed by atoms with E-state index in [0.29, 0.717) is 14.8 Å². The molecule has 104 valence electrons. The Kier molecular flexibility index (Phi) is 4.36. The molecule has 0 fully saturated rings. The highest BCUT2D eigenvalue weighted by Gasteiger charge is 2.22. The highest BCUT2D eigenvalue weighted by Crippen LogP contribution is 2.31. The largest absolute Gasteiger partial charge is 0.481 e. The normalized spacial score (nSPS) is 12.1.